The van der Waals surface area contributed by atoms with Crippen LogP contribution in [0.4, 0.5) is 5.69 Å². The summed E-state index contributed by atoms with van der Waals surface area (Å²) in [7, 11) is 0. The summed E-state index contributed by atoms with van der Waals surface area (Å²) in [5.74, 6) is 0. The average molecular weight is 208 g/mol. The molecule has 0 saturated heterocycles. The minimum Gasteiger partial charge on any atom is -0.298 e. The van der Waals surface area contributed by atoms with Crippen LogP contribution >= 0.6 is 11.6 Å². The third-order valence-corrected chi connectivity index (χ3v) is 2.34. The van der Waals surface area contributed by atoms with Crippen molar-refractivity contribution in [3.63, 3.8) is 0 Å². The maximum Gasteiger partial charge on any atom is 0.147 e. The molecule has 0 saturated carbocycles. The number of halogens is 1. The molecule has 14 heavy (non-hydrogen) atoms. The lowest BCUT2D eigenvalue weighted by Crippen LogP contribution is -1.84. The Hall–Kier alpha value is -1.41. The zero-order valence-electron chi connectivity index (χ0n) is 7.83. The van der Waals surface area contributed by atoms with E-state index in [-0.39, 0.29) is 0 Å². The first kappa shape index (κ1) is 10.7. The molecule has 0 spiro atoms. The number of carbonyl (C=O) groups is 1. The van der Waals surface area contributed by atoms with Gasteiger partial charge in [-0.05, 0) is 19.7 Å². The summed E-state index contributed by atoms with van der Waals surface area (Å²) in [6, 6.07) is 7.28. The van der Waals surface area contributed by atoms with Crippen molar-refractivity contribution < 1.29 is 4.79 Å². The second-order valence-electron chi connectivity index (χ2n) is 2.79. The minimum absolute atomic E-state index is 0.419. The van der Waals surface area contributed by atoms with Crippen LogP contribution in [0.2, 0.25) is 0 Å². The number of nitrogens with zero attached hydrogens (tertiary/aromatic N) is 1. The van der Waals surface area contributed by atoms with Crippen LogP contribution in [-0.4, -0.2) is 13.0 Å². The van der Waals surface area contributed by atoms with E-state index in [1.165, 1.54) is 0 Å². The van der Waals surface area contributed by atoms with Crippen LogP contribution in [0.3, 0.4) is 0 Å². The number of benzene rings is 1. The monoisotopic (exact) mass is 207 g/mol. The summed E-state index contributed by atoms with van der Waals surface area (Å²) in [4.78, 5) is 14.4. The second kappa shape index (κ2) is 4.72. The maximum absolute atomic E-state index is 10.5. The molecule has 0 aliphatic rings. The molecule has 0 aromatic heterocycles. The van der Waals surface area contributed by atoms with Crippen molar-refractivity contribution in [2.24, 2.45) is 4.99 Å². The molecule has 0 radical (unpaired) electrons. The van der Waals surface area contributed by atoms with Crippen LogP contribution in [0.25, 0.3) is 5.03 Å². The third kappa shape index (κ3) is 2.09. The van der Waals surface area contributed by atoms with Gasteiger partial charge in [-0.2, -0.15) is 0 Å². The van der Waals surface area contributed by atoms with E-state index in [0.717, 1.165) is 11.8 Å². The lowest BCUT2D eigenvalue weighted by molar-refractivity contribution is -0.104. The molecular formula is C11H10ClNO. The lowest BCUT2D eigenvalue weighted by Gasteiger charge is -2.04. The number of para-hydroxylation sites is 1. The summed E-state index contributed by atoms with van der Waals surface area (Å²) in [5.41, 5.74) is 1.90. The number of hydrogen-bond donors (Lipinski definition) is 0. The van der Waals surface area contributed by atoms with E-state index in [1.807, 2.05) is 12.1 Å². The zero-order chi connectivity index (χ0) is 10.6. The average Bonchev–Trinajstić information content (AvgIpc) is 2.26. The number of allylic oxidation sites excluding steroid dienone is 1. The standard InChI is InChI=1S/C11H10ClNO/c1-8(7-14)11(12)9-5-3-4-6-10(9)13-2/h3-7H,2H2,1H3/b11-8-. The van der Waals surface area contributed by atoms with Gasteiger partial charge in [0.05, 0.1) is 10.7 Å². The van der Waals surface area contributed by atoms with Crippen LogP contribution in [-0.2, 0) is 4.79 Å². The Kier molecular flexibility index (Phi) is 3.60. The third-order valence-electron chi connectivity index (χ3n) is 1.83. The highest BCUT2D eigenvalue weighted by atomic mass is 35.5. The van der Waals surface area contributed by atoms with Gasteiger partial charge in [-0.3, -0.25) is 9.79 Å². The fourth-order valence-corrected chi connectivity index (χ4v) is 1.27. The van der Waals surface area contributed by atoms with Gasteiger partial charge in [0.2, 0.25) is 0 Å². The molecule has 1 rings (SSSR count). The molecule has 0 bridgehead atoms. The van der Waals surface area contributed by atoms with Crippen molar-refractivity contribution in [3.8, 4) is 0 Å². The smallest absolute Gasteiger partial charge is 0.147 e. The predicted molar refractivity (Wildman–Crippen MR) is 60.2 cm³/mol. The summed E-state index contributed by atoms with van der Waals surface area (Å²) in [6.45, 7) is 5.10. The molecule has 0 unspecified atom stereocenters. The summed E-state index contributed by atoms with van der Waals surface area (Å²) >= 11 is 6.00. The number of aliphatic imine (C=N–C) groups is 1. The van der Waals surface area contributed by atoms with Gasteiger partial charge in [0.25, 0.3) is 0 Å². The van der Waals surface area contributed by atoms with E-state index in [9.17, 15) is 4.79 Å². The van der Waals surface area contributed by atoms with E-state index in [2.05, 4.69) is 11.7 Å². The number of carbonyl (C=O) groups excluding carboxylic acids is 1. The lowest BCUT2D eigenvalue weighted by atomic mass is 10.1. The summed E-state index contributed by atoms with van der Waals surface area (Å²) < 4.78 is 0. The summed E-state index contributed by atoms with van der Waals surface area (Å²) in [6.07, 6.45) is 0.724. The molecule has 72 valence electrons. The van der Waals surface area contributed by atoms with Crippen LogP contribution in [0.1, 0.15) is 12.5 Å². The van der Waals surface area contributed by atoms with Crippen molar-refractivity contribution in [1.29, 1.82) is 0 Å². The molecule has 0 heterocycles. The fraction of sp³-hybridized carbons (Fsp3) is 0.0909. The van der Waals surface area contributed by atoms with Gasteiger partial charge < -0.3 is 0 Å². The molecule has 0 fully saturated rings. The highest BCUT2D eigenvalue weighted by Crippen LogP contribution is 2.30. The molecule has 1 aromatic carbocycles. The number of hydrogen-bond acceptors (Lipinski definition) is 2. The largest absolute Gasteiger partial charge is 0.298 e. The zero-order valence-corrected chi connectivity index (χ0v) is 8.58. The highest BCUT2D eigenvalue weighted by molar-refractivity contribution is 6.51. The Morgan fingerprint density at radius 3 is 2.71 bits per heavy atom. The summed E-state index contributed by atoms with van der Waals surface area (Å²) in [5, 5.41) is 0.419. The van der Waals surface area contributed by atoms with E-state index >= 15 is 0 Å². The van der Waals surface area contributed by atoms with Crippen molar-refractivity contribution in [2.45, 2.75) is 6.92 Å². The molecular weight excluding hydrogens is 198 g/mol. The van der Waals surface area contributed by atoms with E-state index in [0.29, 0.717) is 16.3 Å². The Bertz CT molecular complexity index is 396. The molecule has 0 N–H and O–H groups in total. The molecule has 0 aliphatic carbocycles. The van der Waals surface area contributed by atoms with Gasteiger partial charge in [0.1, 0.15) is 6.29 Å². The Morgan fingerprint density at radius 1 is 1.50 bits per heavy atom. The Labute approximate surface area is 87.9 Å². The van der Waals surface area contributed by atoms with E-state index < -0.39 is 0 Å². The SMILES string of the molecule is C=Nc1ccccc1/C(Cl)=C(\C)C=O. The molecule has 0 amide bonds. The van der Waals surface area contributed by atoms with Gasteiger partial charge in [0, 0.05) is 11.1 Å². The normalized spacial score (nSPS) is 11.9. The van der Waals surface area contributed by atoms with Crippen LogP contribution in [0.5, 0.6) is 0 Å². The van der Waals surface area contributed by atoms with E-state index in [1.54, 1.807) is 19.1 Å². The van der Waals surface area contributed by atoms with Crippen LogP contribution < -0.4 is 0 Å². The maximum atomic E-state index is 10.5. The van der Waals surface area contributed by atoms with Crippen molar-refractivity contribution in [2.75, 3.05) is 0 Å². The molecule has 0 atom stereocenters. The first-order chi connectivity index (χ1) is 6.70. The number of aldehydes is 1. The van der Waals surface area contributed by atoms with Gasteiger partial charge in [0.15, 0.2) is 0 Å². The quantitative estimate of drug-likeness (QED) is 0.425. The fourth-order valence-electron chi connectivity index (χ4n) is 1.06. The van der Waals surface area contributed by atoms with Gasteiger partial charge in [-0.15, -0.1) is 0 Å². The van der Waals surface area contributed by atoms with E-state index in [4.69, 9.17) is 11.6 Å². The Morgan fingerprint density at radius 2 is 2.14 bits per heavy atom. The number of rotatable bonds is 3. The first-order valence-electron chi connectivity index (χ1n) is 4.08. The van der Waals surface area contributed by atoms with Crippen LogP contribution in [0, 0.1) is 0 Å². The topological polar surface area (TPSA) is 29.4 Å². The van der Waals surface area contributed by atoms with Crippen LogP contribution in [0.15, 0.2) is 34.8 Å². The van der Waals surface area contributed by atoms with Crippen molar-refractivity contribution in [1.82, 2.24) is 0 Å². The second-order valence-corrected chi connectivity index (χ2v) is 3.17. The highest BCUT2D eigenvalue weighted by Gasteiger charge is 2.06. The van der Waals surface area contributed by atoms with Crippen molar-refractivity contribution >= 4 is 35.3 Å². The first-order valence-corrected chi connectivity index (χ1v) is 4.46. The van der Waals surface area contributed by atoms with Gasteiger partial charge in [-0.25, -0.2) is 0 Å². The van der Waals surface area contributed by atoms with Crippen molar-refractivity contribution in [3.05, 3.63) is 35.4 Å². The predicted octanol–water partition coefficient (Wildman–Crippen LogP) is 3.19. The van der Waals surface area contributed by atoms with Gasteiger partial charge in [-0.1, -0.05) is 29.8 Å². The molecule has 1 aromatic rings. The Balaban J connectivity index is 3.32. The molecule has 0 aliphatic heterocycles. The molecule has 2 nitrogen and oxygen atoms in total. The molecule has 3 heteroatoms. The van der Waals surface area contributed by atoms with Gasteiger partial charge >= 0.3 is 0 Å². The minimum atomic E-state index is 0.419.